The van der Waals surface area contributed by atoms with Gasteiger partial charge in [0.2, 0.25) is 5.91 Å². The SMILES string of the molecule is CC(C)(C)c1csc(NC(=O)CCN2C(=O)c3cccnc3C2=O)n1. The Labute approximate surface area is 149 Å². The van der Waals surface area contributed by atoms with Gasteiger partial charge in [0, 0.05) is 30.0 Å². The quantitative estimate of drug-likeness (QED) is 0.848. The molecule has 3 amide bonds. The third kappa shape index (κ3) is 3.43. The Morgan fingerprint density at radius 1 is 1.28 bits per heavy atom. The summed E-state index contributed by atoms with van der Waals surface area (Å²) in [5, 5.41) is 5.13. The van der Waals surface area contributed by atoms with Crippen LogP contribution in [0.4, 0.5) is 5.13 Å². The predicted octanol–water partition coefficient (Wildman–Crippen LogP) is 2.46. The van der Waals surface area contributed by atoms with Crippen molar-refractivity contribution in [3.8, 4) is 0 Å². The predicted molar refractivity (Wildman–Crippen MR) is 93.7 cm³/mol. The molecule has 0 unspecified atom stereocenters. The molecule has 0 fully saturated rings. The zero-order valence-electron chi connectivity index (χ0n) is 14.2. The third-order valence-corrected chi connectivity index (χ3v) is 4.57. The first-order valence-electron chi connectivity index (χ1n) is 7.84. The number of amides is 3. The minimum atomic E-state index is -0.460. The van der Waals surface area contributed by atoms with Crippen LogP contribution in [0.25, 0.3) is 0 Å². The van der Waals surface area contributed by atoms with Crippen molar-refractivity contribution >= 4 is 34.2 Å². The lowest BCUT2D eigenvalue weighted by atomic mass is 9.93. The number of anilines is 1. The first-order chi connectivity index (χ1) is 11.8. The summed E-state index contributed by atoms with van der Waals surface area (Å²) in [6.45, 7) is 6.15. The fraction of sp³-hybridized carbons (Fsp3) is 0.353. The van der Waals surface area contributed by atoms with Crippen LogP contribution in [0.3, 0.4) is 0 Å². The number of hydrogen-bond acceptors (Lipinski definition) is 6. The monoisotopic (exact) mass is 358 g/mol. The maximum atomic E-state index is 12.2. The molecular weight excluding hydrogens is 340 g/mol. The standard InChI is InChI=1S/C17H18N4O3S/c1-17(2,3)11-9-25-16(19-11)20-12(22)6-8-21-14(23)10-5-4-7-18-13(10)15(21)24/h4-5,7,9H,6,8H2,1-3H3,(H,19,20,22). The molecule has 0 aromatic carbocycles. The van der Waals surface area contributed by atoms with Gasteiger partial charge in [-0.2, -0.15) is 0 Å². The first-order valence-corrected chi connectivity index (χ1v) is 8.72. The maximum Gasteiger partial charge on any atom is 0.280 e. The Hall–Kier alpha value is -2.61. The van der Waals surface area contributed by atoms with Crippen LogP contribution < -0.4 is 5.32 Å². The van der Waals surface area contributed by atoms with Crippen LogP contribution in [0.1, 0.15) is 53.7 Å². The average Bonchev–Trinajstić information content (AvgIpc) is 3.11. The summed E-state index contributed by atoms with van der Waals surface area (Å²) in [6.07, 6.45) is 1.48. The molecule has 25 heavy (non-hydrogen) atoms. The lowest BCUT2D eigenvalue weighted by Gasteiger charge is -2.14. The van der Waals surface area contributed by atoms with Crippen LogP contribution in [-0.4, -0.2) is 39.1 Å². The largest absolute Gasteiger partial charge is 0.302 e. The topological polar surface area (TPSA) is 92.3 Å². The highest BCUT2D eigenvalue weighted by Crippen LogP contribution is 2.26. The van der Waals surface area contributed by atoms with Gasteiger partial charge in [-0.15, -0.1) is 11.3 Å². The van der Waals surface area contributed by atoms with E-state index < -0.39 is 11.8 Å². The molecule has 0 radical (unpaired) electrons. The number of aromatic nitrogens is 2. The second-order valence-electron chi connectivity index (χ2n) is 6.75. The molecule has 0 saturated heterocycles. The van der Waals surface area contributed by atoms with Gasteiger partial charge in [-0.3, -0.25) is 24.3 Å². The molecule has 3 heterocycles. The molecule has 0 bridgehead atoms. The van der Waals surface area contributed by atoms with Gasteiger partial charge in [-0.25, -0.2) is 4.98 Å². The number of thiazole rings is 1. The molecule has 2 aromatic heterocycles. The minimum Gasteiger partial charge on any atom is -0.302 e. The summed E-state index contributed by atoms with van der Waals surface area (Å²) >= 11 is 1.35. The fourth-order valence-corrected chi connectivity index (χ4v) is 3.34. The van der Waals surface area contributed by atoms with Gasteiger partial charge < -0.3 is 5.32 Å². The molecular formula is C17H18N4O3S. The van der Waals surface area contributed by atoms with E-state index in [0.29, 0.717) is 5.13 Å². The lowest BCUT2D eigenvalue weighted by Crippen LogP contribution is -2.33. The number of imide groups is 1. The van der Waals surface area contributed by atoms with Crippen molar-refractivity contribution in [3.63, 3.8) is 0 Å². The molecule has 8 heteroatoms. The molecule has 0 aliphatic carbocycles. The molecule has 0 atom stereocenters. The number of hydrogen-bond donors (Lipinski definition) is 1. The zero-order valence-corrected chi connectivity index (χ0v) is 15.0. The molecule has 0 spiro atoms. The normalized spacial score (nSPS) is 14.0. The first kappa shape index (κ1) is 17.2. The van der Waals surface area contributed by atoms with E-state index >= 15 is 0 Å². The lowest BCUT2D eigenvalue weighted by molar-refractivity contribution is -0.116. The molecule has 7 nitrogen and oxygen atoms in total. The van der Waals surface area contributed by atoms with Crippen LogP contribution in [0.15, 0.2) is 23.7 Å². The van der Waals surface area contributed by atoms with Crippen molar-refractivity contribution < 1.29 is 14.4 Å². The van der Waals surface area contributed by atoms with Crippen LogP contribution in [0.2, 0.25) is 0 Å². The summed E-state index contributed by atoms with van der Waals surface area (Å²) < 4.78 is 0. The number of carbonyl (C=O) groups is 3. The van der Waals surface area contributed by atoms with Gasteiger partial charge >= 0.3 is 0 Å². The smallest absolute Gasteiger partial charge is 0.280 e. The van der Waals surface area contributed by atoms with E-state index in [9.17, 15) is 14.4 Å². The summed E-state index contributed by atoms with van der Waals surface area (Å²) in [5.74, 6) is -1.16. The zero-order chi connectivity index (χ0) is 18.2. The number of carbonyl (C=O) groups excluding carboxylic acids is 3. The van der Waals surface area contributed by atoms with Crippen molar-refractivity contribution in [1.29, 1.82) is 0 Å². The highest BCUT2D eigenvalue weighted by Gasteiger charge is 2.36. The number of nitrogens with zero attached hydrogens (tertiary/aromatic N) is 3. The van der Waals surface area contributed by atoms with Gasteiger partial charge in [0.25, 0.3) is 11.8 Å². The van der Waals surface area contributed by atoms with Crippen LogP contribution in [0, 0.1) is 0 Å². The molecule has 1 aliphatic rings. The molecule has 1 aliphatic heterocycles. The second kappa shape index (κ2) is 6.36. The van der Waals surface area contributed by atoms with Crippen molar-refractivity contribution in [2.45, 2.75) is 32.6 Å². The van der Waals surface area contributed by atoms with E-state index in [0.717, 1.165) is 10.6 Å². The van der Waals surface area contributed by atoms with E-state index in [1.165, 1.54) is 17.5 Å². The number of fused-ring (bicyclic) bond motifs is 1. The van der Waals surface area contributed by atoms with Crippen molar-refractivity contribution in [3.05, 3.63) is 40.7 Å². The van der Waals surface area contributed by atoms with Gasteiger partial charge in [0.1, 0.15) is 5.69 Å². The van der Waals surface area contributed by atoms with Crippen molar-refractivity contribution in [2.24, 2.45) is 0 Å². The highest BCUT2D eigenvalue weighted by molar-refractivity contribution is 7.13. The van der Waals surface area contributed by atoms with Gasteiger partial charge in [-0.1, -0.05) is 20.8 Å². The highest BCUT2D eigenvalue weighted by atomic mass is 32.1. The van der Waals surface area contributed by atoms with E-state index in [1.807, 2.05) is 26.2 Å². The summed E-state index contributed by atoms with van der Waals surface area (Å²) in [7, 11) is 0. The average molecular weight is 358 g/mol. The van der Waals surface area contributed by atoms with Gasteiger partial charge in [-0.05, 0) is 12.1 Å². The third-order valence-electron chi connectivity index (χ3n) is 3.81. The molecule has 130 valence electrons. The maximum absolute atomic E-state index is 12.2. The van der Waals surface area contributed by atoms with E-state index in [1.54, 1.807) is 12.1 Å². The van der Waals surface area contributed by atoms with Crippen molar-refractivity contribution in [2.75, 3.05) is 11.9 Å². The second-order valence-corrected chi connectivity index (χ2v) is 7.61. The summed E-state index contributed by atoms with van der Waals surface area (Å²) in [4.78, 5) is 45.9. The van der Waals surface area contributed by atoms with E-state index in [-0.39, 0.29) is 35.5 Å². The van der Waals surface area contributed by atoms with Crippen molar-refractivity contribution in [1.82, 2.24) is 14.9 Å². The van der Waals surface area contributed by atoms with Crippen LogP contribution in [-0.2, 0) is 10.2 Å². The van der Waals surface area contributed by atoms with E-state index in [2.05, 4.69) is 15.3 Å². The molecule has 3 rings (SSSR count). The minimum absolute atomic E-state index is 0.00982. The van der Waals surface area contributed by atoms with Crippen LogP contribution >= 0.6 is 11.3 Å². The van der Waals surface area contributed by atoms with E-state index in [4.69, 9.17) is 0 Å². The van der Waals surface area contributed by atoms with Gasteiger partial charge in [0.15, 0.2) is 5.13 Å². The number of rotatable bonds is 4. The Bertz CT molecular complexity index is 819. The molecule has 0 saturated carbocycles. The number of pyridine rings is 1. The molecule has 1 N–H and O–H groups in total. The van der Waals surface area contributed by atoms with Crippen LogP contribution in [0.5, 0.6) is 0 Å². The Morgan fingerprint density at radius 2 is 2.04 bits per heavy atom. The number of nitrogens with one attached hydrogen (secondary N) is 1. The Balaban J connectivity index is 1.59. The van der Waals surface area contributed by atoms with Gasteiger partial charge in [0.05, 0.1) is 11.3 Å². The summed E-state index contributed by atoms with van der Waals surface area (Å²) in [5.41, 5.74) is 1.23. The summed E-state index contributed by atoms with van der Waals surface area (Å²) in [6, 6.07) is 3.17. The Kier molecular flexibility index (Phi) is 4.38. The Morgan fingerprint density at radius 3 is 2.68 bits per heavy atom. The fourth-order valence-electron chi connectivity index (χ4n) is 2.39. The molecule has 2 aromatic rings.